The number of hydrogen-bond acceptors (Lipinski definition) is 3. The van der Waals surface area contributed by atoms with Gasteiger partial charge in [0.1, 0.15) is 0 Å². The van der Waals surface area contributed by atoms with E-state index in [0.29, 0.717) is 12.5 Å². The molecular weight excluding hydrogens is 232 g/mol. The summed E-state index contributed by atoms with van der Waals surface area (Å²) in [5.41, 5.74) is 5.62. The van der Waals surface area contributed by atoms with Crippen LogP contribution in [-0.2, 0) is 9.59 Å². The van der Waals surface area contributed by atoms with E-state index in [4.69, 9.17) is 10.8 Å². The van der Waals surface area contributed by atoms with Crippen molar-refractivity contribution >= 4 is 11.9 Å². The molecule has 2 atom stereocenters. The van der Waals surface area contributed by atoms with Crippen molar-refractivity contribution in [2.45, 2.75) is 58.4 Å². The molecule has 0 fully saturated rings. The number of hydrogen-bond donors (Lipinski definition) is 3. The Kier molecular flexibility index (Phi) is 9.28. The number of carboxylic acid groups (broad SMARTS) is 1. The summed E-state index contributed by atoms with van der Waals surface area (Å²) in [6.07, 6.45) is 4.58. The number of unbranched alkanes of at least 4 members (excludes halogenated alkanes) is 1. The topological polar surface area (TPSA) is 92.4 Å². The molecule has 0 rings (SSSR count). The molecule has 0 aromatic rings. The van der Waals surface area contributed by atoms with Gasteiger partial charge in [0.25, 0.3) is 0 Å². The molecule has 2 unspecified atom stereocenters. The molecule has 0 aromatic heterocycles. The summed E-state index contributed by atoms with van der Waals surface area (Å²) >= 11 is 0. The van der Waals surface area contributed by atoms with Gasteiger partial charge < -0.3 is 16.2 Å². The summed E-state index contributed by atoms with van der Waals surface area (Å²) in [5, 5.41) is 11.3. The van der Waals surface area contributed by atoms with E-state index in [0.717, 1.165) is 19.3 Å². The molecule has 0 aliphatic heterocycles. The van der Waals surface area contributed by atoms with Gasteiger partial charge in [-0.15, -0.1) is 0 Å². The van der Waals surface area contributed by atoms with Crippen molar-refractivity contribution in [2.75, 3.05) is 6.54 Å². The Labute approximate surface area is 109 Å². The highest BCUT2D eigenvalue weighted by Gasteiger charge is 2.15. The molecule has 5 nitrogen and oxygen atoms in total. The highest BCUT2D eigenvalue weighted by Crippen LogP contribution is 2.11. The van der Waals surface area contributed by atoms with Crippen LogP contribution in [0.3, 0.4) is 0 Å². The number of amides is 1. The van der Waals surface area contributed by atoms with E-state index >= 15 is 0 Å². The summed E-state index contributed by atoms with van der Waals surface area (Å²) < 4.78 is 0. The zero-order valence-electron chi connectivity index (χ0n) is 11.4. The Balaban J connectivity index is 3.88. The van der Waals surface area contributed by atoms with Crippen molar-refractivity contribution in [1.82, 2.24) is 5.32 Å². The van der Waals surface area contributed by atoms with Gasteiger partial charge in [0.2, 0.25) is 5.91 Å². The lowest BCUT2D eigenvalue weighted by Gasteiger charge is -2.17. The van der Waals surface area contributed by atoms with Gasteiger partial charge in [0.15, 0.2) is 0 Å². The second kappa shape index (κ2) is 9.88. The Hall–Kier alpha value is -1.10. The van der Waals surface area contributed by atoms with E-state index in [1.807, 2.05) is 0 Å². The van der Waals surface area contributed by atoms with E-state index in [1.54, 1.807) is 0 Å². The van der Waals surface area contributed by atoms with Crippen molar-refractivity contribution in [1.29, 1.82) is 0 Å². The Morgan fingerprint density at radius 3 is 2.44 bits per heavy atom. The summed E-state index contributed by atoms with van der Waals surface area (Å²) in [7, 11) is 0. The first-order valence-corrected chi connectivity index (χ1v) is 6.76. The highest BCUT2D eigenvalue weighted by molar-refractivity contribution is 5.82. The largest absolute Gasteiger partial charge is 0.481 e. The Morgan fingerprint density at radius 2 is 1.94 bits per heavy atom. The van der Waals surface area contributed by atoms with Gasteiger partial charge in [0, 0.05) is 13.0 Å². The van der Waals surface area contributed by atoms with Crippen molar-refractivity contribution in [3.8, 4) is 0 Å². The predicted molar refractivity (Wildman–Crippen MR) is 71.2 cm³/mol. The fraction of sp³-hybridized carbons (Fsp3) is 0.846. The molecule has 0 heterocycles. The summed E-state index contributed by atoms with van der Waals surface area (Å²) in [6.45, 7) is 4.89. The third-order valence-corrected chi connectivity index (χ3v) is 3.11. The van der Waals surface area contributed by atoms with Crippen LogP contribution in [0.4, 0.5) is 0 Å². The Bertz CT molecular complexity index is 257. The normalized spacial score (nSPS) is 13.9. The second-order valence-corrected chi connectivity index (χ2v) is 4.70. The van der Waals surface area contributed by atoms with E-state index < -0.39 is 12.0 Å². The minimum Gasteiger partial charge on any atom is -0.481 e. The molecule has 0 saturated carbocycles. The van der Waals surface area contributed by atoms with Crippen molar-refractivity contribution in [3.05, 3.63) is 0 Å². The number of aliphatic carboxylic acids is 1. The van der Waals surface area contributed by atoms with Gasteiger partial charge in [0.05, 0.1) is 6.04 Å². The van der Waals surface area contributed by atoms with Crippen molar-refractivity contribution in [2.24, 2.45) is 11.7 Å². The molecule has 4 N–H and O–H groups in total. The summed E-state index contributed by atoms with van der Waals surface area (Å²) in [5.74, 6) is -0.681. The maximum absolute atomic E-state index is 11.6. The highest BCUT2D eigenvalue weighted by atomic mass is 16.4. The first-order chi connectivity index (χ1) is 8.51. The number of carbonyl (C=O) groups is 2. The first kappa shape index (κ1) is 16.9. The van der Waals surface area contributed by atoms with Crippen LogP contribution in [0.1, 0.15) is 52.4 Å². The van der Waals surface area contributed by atoms with Crippen molar-refractivity contribution in [3.63, 3.8) is 0 Å². The van der Waals surface area contributed by atoms with Gasteiger partial charge in [-0.3, -0.25) is 9.59 Å². The van der Waals surface area contributed by atoms with E-state index in [1.165, 1.54) is 6.42 Å². The second-order valence-electron chi connectivity index (χ2n) is 4.70. The molecule has 5 heteroatoms. The molecule has 1 amide bonds. The lowest BCUT2D eigenvalue weighted by atomic mass is 9.99. The molecule has 0 spiro atoms. The smallest absolute Gasteiger partial charge is 0.303 e. The van der Waals surface area contributed by atoms with E-state index in [-0.39, 0.29) is 18.7 Å². The summed E-state index contributed by atoms with van der Waals surface area (Å²) in [4.78, 5) is 22.0. The average Bonchev–Trinajstić information content (AvgIpc) is 2.35. The lowest BCUT2D eigenvalue weighted by Crippen LogP contribution is -2.42. The number of carbonyl (C=O) groups excluding carboxylic acids is 1. The zero-order valence-corrected chi connectivity index (χ0v) is 11.4. The standard InChI is InChI=1S/C13H26N2O3/c1-3-5-6-10(4-2)9-15-13(18)11(14)7-8-12(16)17/h10-11H,3-9,14H2,1-2H3,(H,15,18)(H,16,17). The monoisotopic (exact) mass is 258 g/mol. The van der Waals surface area contributed by atoms with Gasteiger partial charge in [-0.25, -0.2) is 0 Å². The minimum atomic E-state index is -0.923. The van der Waals surface area contributed by atoms with Gasteiger partial charge in [-0.05, 0) is 18.8 Å². The third-order valence-electron chi connectivity index (χ3n) is 3.11. The first-order valence-electron chi connectivity index (χ1n) is 6.76. The van der Waals surface area contributed by atoms with Gasteiger partial charge >= 0.3 is 5.97 Å². The number of rotatable bonds is 10. The van der Waals surface area contributed by atoms with Crippen LogP contribution in [0.15, 0.2) is 0 Å². The molecule has 106 valence electrons. The lowest BCUT2D eigenvalue weighted by molar-refractivity contribution is -0.137. The molecule has 0 radical (unpaired) electrons. The van der Waals surface area contributed by atoms with Crippen LogP contribution in [0.25, 0.3) is 0 Å². The molecule has 18 heavy (non-hydrogen) atoms. The van der Waals surface area contributed by atoms with Crippen LogP contribution in [0.2, 0.25) is 0 Å². The molecule has 0 saturated heterocycles. The van der Waals surface area contributed by atoms with Gasteiger partial charge in [-0.2, -0.15) is 0 Å². The van der Waals surface area contributed by atoms with Crippen LogP contribution in [0, 0.1) is 5.92 Å². The number of nitrogens with one attached hydrogen (secondary N) is 1. The number of carboxylic acids is 1. The third kappa shape index (κ3) is 8.06. The van der Waals surface area contributed by atoms with Crippen molar-refractivity contribution < 1.29 is 14.7 Å². The molecule has 0 aliphatic rings. The molecule has 0 aliphatic carbocycles. The maximum atomic E-state index is 11.6. The predicted octanol–water partition coefficient (Wildman–Crippen LogP) is 1.51. The minimum absolute atomic E-state index is 0.0678. The van der Waals surface area contributed by atoms with Crippen LogP contribution < -0.4 is 11.1 Å². The van der Waals surface area contributed by atoms with Crippen LogP contribution in [0.5, 0.6) is 0 Å². The quantitative estimate of drug-likeness (QED) is 0.554. The fourth-order valence-electron chi connectivity index (χ4n) is 1.73. The van der Waals surface area contributed by atoms with E-state index in [9.17, 15) is 9.59 Å². The molecular formula is C13H26N2O3. The average molecular weight is 258 g/mol. The van der Waals surface area contributed by atoms with Crippen LogP contribution in [-0.4, -0.2) is 29.6 Å². The van der Waals surface area contributed by atoms with E-state index in [2.05, 4.69) is 19.2 Å². The summed E-state index contributed by atoms with van der Waals surface area (Å²) in [6, 6.07) is -0.718. The Morgan fingerprint density at radius 1 is 1.28 bits per heavy atom. The molecule has 0 bridgehead atoms. The maximum Gasteiger partial charge on any atom is 0.303 e. The SMILES string of the molecule is CCCCC(CC)CNC(=O)C(N)CCC(=O)O. The zero-order chi connectivity index (χ0) is 14.0. The fourth-order valence-corrected chi connectivity index (χ4v) is 1.73. The van der Waals surface area contributed by atoms with Crippen LogP contribution >= 0.6 is 0 Å². The molecule has 0 aromatic carbocycles. The van der Waals surface area contributed by atoms with Gasteiger partial charge in [-0.1, -0.05) is 33.1 Å². The number of nitrogens with two attached hydrogens (primary N) is 1.